The maximum absolute atomic E-state index is 4.29. The molecular formula is C13H24N4. The highest BCUT2D eigenvalue weighted by molar-refractivity contribution is 5.58. The predicted octanol–water partition coefficient (Wildman–Crippen LogP) is 1.48. The fourth-order valence-corrected chi connectivity index (χ4v) is 2.80. The fraction of sp³-hybridized carbons (Fsp3) is 0.846. The molecule has 1 atom stereocenters. The molecule has 2 rings (SSSR count). The van der Waals surface area contributed by atoms with Crippen LogP contribution in [0.25, 0.3) is 0 Å². The van der Waals surface area contributed by atoms with E-state index in [-0.39, 0.29) is 0 Å². The lowest BCUT2D eigenvalue weighted by Crippen LogP contribution is -2.39. The molecule has 0 aromatic carbocycles. The van der Waals surface area contributed by atoms with Gasteiger partial charge in [0.05, 0.1) is 25.8 Å². The Labute approximate surface area is 104 Å². The van der Waals surface area contributed by atoms with Crippen molar-refractivity contribution in [1.29, 1.82) is 0 Å². The van der Waals surface area contributed by atoms with Crippen molar-refractivity contribution in [2.45, 2.75) is 33.2 Å². The van der Waals surface area contributed by atoms with Gasteiger partial charge in [-0.05, 0) is 18.8 Å². The number of aliphatic imine (C=N–C) groups is 2. The van der Waals surface area contributed by atoms with Crippen LogP contribution in [0.2, 0.25) is 0 Å². The number of hydrogen-bond acceptors (Lipinski definition) is 4. The summed E-state index contributed by atoms with van der Waals surface area (Å²) in [7, 11) is 0. The summed E-state index contributed by atoms with van der Waals surface area (Å²) in [4.78, 5) is 13.3. The van der Waals surface area contributed by atoms with E-state index >= 15 is 0 Å². The molecule has 1 unspecified atom stereocenters. The van der Waals surface area contributed by atoms with Crippen molar-refractivity contribution in [3.05, 3.63) is 0 Å². The van der Waals surface area contributed by atoms with Gasteiger partial charge in [0.25, 0.3) is 0 Å². The van der Waals surface area contributed by atoms with Gasteiger partial charge in [-0.3, -0.25) is 9.98 Å². The van der Waals surface area contributed by atoms with Crippen LogP contribution in [-0.2, 0) is 0 Å². The third kappa shape index (κ3) is 3.45. The summed E-state index contributed by atoms with van der Waals surface area (Å²) >= 11 is 0. The van der Waals surface area contributed by atoms with Gasteiger partial charge in [0.1, 0.15) is 0 Å². The van der Waals surface area contributed by atoms with E-state index in [2.05, 4.69) is 40.6 Å². The van der Waals surface area contributed by atoms with E-state index in [0.717, 1.165) is 32.7 Å². The summed E-state index contributed by atoms with van der Waals surface area (Å²) in [5.41, 5.74) is 0.326. The Morgan fingerprint density at radius 1 is 1.18 bits per heavy atom. The fourth-order valence-electron chi connectivity index (χ4n) is 2.80. The van der Waals surface area contributed by atoms with E-state index in [0.29, 0.717) is 11.5 Å². The van der Waals surface area contributed by atoms with Crippen LogP contribution in [0.4, 0.5) is 0 Å². The standard InChI is InChI=1S/C13H24N4/c1-12(17-7-5-15-11-17)8-13(2,3)9-16-6-4-14-10-16/h10-12H,4-9H2,1-3H3. The normalized spacial score (nSPS) is 21.6. The minimum Gasteiger partial charge on any atom is -0.361 e. The van der Waals surface area contributed by atoms with Crippen LogP contribution in [0.5, 0.6) is 0 Å². The van der Waals surface area contributed by atoms with Crippen LogP contribution in [0, 0.1) is 5.41 Å². The summed E-state index contributed by atoms with van der Waals surface area (Å²) in [5, 5.41) is 0. The van der Waals surface area contributed by atoms with Crippen molar-refractivity contribution < 1.29 is 0 Å². The number of nitrogens with zero attached hydrogens (tertiary/aromatic N) is 4. The van der Waals surface area contributed by atoms with Crippen LogP contribution < -0.4 is 0 Å². The van der Waals surface area contributed by atoms with Gasteiger partial charge in [-0.25, -0.2) is 0 Å². The first-order valence-corrected chi connectivity index (χ1v) is 6.56. The Morgan fingerprint density at radius 3 is 2.47 bits per heavy atom. The number of hydrogen-bond donors (Lipinski definition) is 0. The van der Waals surface area contributed by atoms with Gasteiger partial charge in [-0.15, -0.1) is 0 Å². The van der Waals surface area contributed by atoms with E-state index < -0.39 is 0 Å². The zero-order valence-corrected chi connectivity index (χ0v) is 11.3. The molecule has 17 heavy (non-hydrogen) atoms. The monoisotopic (exact) mass is 236 g/mol. The summed E-state index contributed by atoms with van der Waals surface area (Å²) in [5.74, 6) is 0. The van der Waals surface area contributed by atoms with E-state index in [4.69, 9.17) is 0 Å². The lowest BCUT2D eigenvalue weighted by molar-refractivity contribution is 0.195. The number of rotatable bonds is 5. The first-order valence-electron chi connectivity index (χ1n) is 6.56. The Hall–Kier alpha value is -1.06. The van der Waals surface area contributed by atoms with Crippen LogP contribution in [0.1, 0.15) is 27.2 Å². The van der Waals surface area contributed by atoms with E-state index in [1.165, 1.54) is 6.42 Å². The lowest BCUT2D eigenvalue weighted by atomic mass is 9.85. The van der Waals surface area contributed by atoms with Crippen molar-refractivity contribution in [3.8, 4) is 0 Å². The molecule has 0 bridgehead atoms. The molecule has 0 amide bonds. The van der Waals surface area contributed by atoms with E-state index in [1.807, 2.05) is 12.7 Å². The second kappa shape index (κ2) is 5.07. The van der Waals surface area contributed by atoms with Crippen molar-refractivity contribution in [3.63, 3.8) is 0 Å². The Kier molecular flexibility index (Phi) is 3.69. The molecule has 0 fully saturated rings. The lowest BCUT2D eigenvalue weighted by Gasteiger charge is -2.35. The van der Waals surface area contributed by atoms with Crippen LogP contribution in [0.15, 0.2) is 9.98 Å². The van der Waals surface area contributed by atoms with Crippen LogP contribution in [0.3, 0.4) is 0 Å². The van der Waals surface area contributed by atoms with Gasteiger partial charge in [0.15, 0.2) is 0 Å². The van der Waals surface area contributed by atoms with Crippen molar-refractivity contribution in [1.82, 2.24) is 9.80 Å². The highest BCUT2D eigenvalue weighted by Gasteiger charge is 2.26. The quantitative estimate of drug-likeness (QED) is 0.724. The molecule has 4 nitrogen and oxygen atoms in total. The topological polar surface area (TPSA) is 31.2 Å². The summed E-state index contributed by atoms with van der Waals surface area (Å²) in [6.07, 6.45) is 5.21. The largest absolute Gasteiger partial charge is 0.361 e. The maximum atomic E-state index is 4.29. The third-order valence-corrected chi connectivity index (χ3v) is 3.52. The summed E-state index contributed by atoms with van der Waals surface area (Å²) in [6, 6.07) is 0.579. The van der Waals surface area contributed by atoms with Gasteiger partial charge < -0.3 is 9.80 Å². The van der Waals surface area contributed by atoms with Gasteiger partial charge in [0, 0.05) is 25.7 Å². The zero-order chi connectivity index (χ0) is 12.3. The Balaban J connectivity index is 1.82. The second-order valence-corrected chi connectivity index (χ2v) is 5.97. The smallest absolute Gasteiger partial charge is 0.0853 e. The second-order valence-electron chi connectivity index (χ2n) is 5.97. The highest BCUT2D eigenvalue weighted by atomic mass is 15.2. The van der Waals surface area contributed by atoms with Crippen molar-refractivity contribution >= 4 is 12.7 Å². The van der Waals surface area contributed by atoms with Crippen LogP contribution in [-0.4, -0.2) is 61.2 Å². The molecule has 96 valence electrons. The summed E-state index contributed by atoms with van der Waals surface area (Å²) in [6.45, 7) is 12.2. The first kappa shape index (κ1) is 12.4. The average Bonchev–Trinajstić information content (AvgIpc) is 2.85. The molecule has 0 aromatic rings. The van der Waals surface area contributed by atoms with Crippen LogP contribution >= 0.6 is 0 Å². The van der Waals surface area contributed by atoms with Gasteiger partial charge in [0.2, 0.25) is 0 Å². The molecule has 0 N–H and O–H groups in total. The maximum Gasteiger partial charge on any atom is 0.0853 e. The predicted molar refractivity (Wildman–Crippen MR) is 72.9 cm³/mol. The molecule has 0 radical (unpaired) electrons. The molecule has 4 heteroatoms. The molecule has 2 aliphatic heterocycles. The molecule has 0 spiro atoms. The molecule has 0 aliphatic carbocycles. The summed E-state index contributed by atoms with van der Waals surface area (Å²) < 4.78 is 0. The molecule has 0 saturated carbocycles. The zero-order valence-electron chi connectivity index (χ0n) is 11.3. The van der Waals surface area contributed by atoms with Gasteiger partial charge >= 0.3 is 0 Å². The Morgan fingerprint density at radius 2 is 1.88 bits per heavy atom. The van der Waals surface area contributed by atoms with E-state index in [1.54, 1.807) is 0 Å². The van der Waals surface area contributed by atoms with Gasteiger partial charge in [-0.1, -0.05) is 13.8 Å². The van der Waals surface area contributed by atoms with Gasteiger partial charge in [-0.2, -0.15) is 0 Å². The highest BCUT2D eigenvalue weighted by Crippen LogP contribution is 2.26. The molecule has 2 aliphatic rings. The third-order valence-electron chi connectivity index (χ3n) is 3.52. The molecule has 0 saturated heterocycles. The SMILES string of the molecule is CC(CC(C)(C)CN1C=NCC1)N1C=NCC1. The molecule has 0 aromatic heterocycles. The van der Waals surface area contributed by atoms with E-state index in [9.17, 15) is 0 Å². The minimum atomic E-state index is 0.326. The average molecular weight is 236 g/mol. The Bertz CT molecular complexity index is 309. The minimum absolute atomic E-state index is 0.326. The molecular weight excluding hydrogens is 212 g/mol. The van der Waals surface area contributed by atoms with Crippen molar-refractivity contribution in [2.24, 2.45) is 15.4 Å². The van der Waals surface area contributed by atoms with Crippen molar-refractivity contribution in [2.75, 3.05) is 32.7 Å². The first-order chi connectivity index (χ1) is 8.07. The molecule has 2 heterocycles.